The Morgan fingerprint density at radius 1 is 1.04 bits per heavy atom. The maximum absolute atomic E-state index is 5.92. The molecule has 6 heteroatoms. The van der Waals surface area contributed by atoms with Crippen molar-refractivity contribution in [3.05, 3.63) is 48.0 Å². The van der Waals surface area contributed by atoms with Gasteiger partial charge in [0.05, 0.1) is 29.5 Å². The monoisotopic (exact) mass is 366 g/mol. The summed E-state index contributed by atoms with van der Waals surface area (Å²) >= 11 is 0. The van der Waals surface area contributed by atoms with Crippen LogP contribution in [0.25, 0.3) is 11.0 Å². The molecule has 27 heavy (non-hydrogen) atoms. The quantitative estimate of drug-likeness (QED) is 0.491. The number of imidazole rings is 1. The number of para-hydroxylation sites is 2. The molecule has 0 unspecified atom stereocenters. The summed E-state index contributed by atoms with van der Waals surface area (Å²) in [6, 6.07) is 13.7. The Kier molecular flexibility index (Phi) is 5.64. The summed E-state index contributed by atoms with van der Waals surface area (Å²) in [5, 5.41) is 4.35. The molecule has 0 fully saturated rings. The first-order chi connectivity index (χ1) is 12.9. The van der Waals surface area contributed by atoms with E-state index in [1.54, 1.807) is 6.21 Å². The van der Waals surface area contributed by atoms with Crippen LogP contribution >= 0.6 is 0 Å². The summed E-state index contributed by atoms with van der Waals surface area (Å²) in [7, 11) is 1.96. The molecule has 0 atom stereocenters. The first-order valence-corrected chi connectivity index (χ1v) is 9.12. The fourth-order valence-electron chi connectivity index (χ4n) is 2.73. The van der Waals surface area contributed by atoms with Crippen molar-refractivity contribution < 1.29 is 9.47 Å². The second-order valence-electron chi connectivity index (χ2n) is 6.89. The Labute approximate surface area is 159 Å². The lowest BCUT2D eigenvalue weighted by Crippen LogP contribution is -2.09. The Morgan fingerprint density at radius 3 is 2.48 bits per heavy atom. The molecule has 1 heterocycles. The van der Waals surface area contributed by atoms with Crippen LogP contribution in [-0.4, -0.2) is 28.0 Å². The SMILES string of the molecule is CC(C)Oc1ccc(/C=N\Nc2nc3ccccc3n2C)c(OC(C)C)c1. The smallest absolute Gasteiger partial charge is 0.224 e. The number of aromatic nitrogens is 2. The van der Waals surface area contributed by atoms with Gasteiger partial charge >= 0.3 is 0 Å². The van der Waals surface area contributed by atoms with Crippen molar-refractivity contribution in [2.24, 2.45) is 12.1 Å². The number of ether oxygens (including phenoxy) is 2. The number of benzene rings is 2. The first-order valence-electron chi connectivity index (χ1n) is 9.12. The number of hydrazone groups is 1. The van der Waals surface area contributed by atoms with Crippen LogP contribution in [0.1, 0.15) is 33.3 Å². The normalized spacial score (nSPS) is 11.7. The minimum atomic E-state index is 0.0549. The van der Waals surface area contributed by atoms with Gasteiger partial charge in [-0.1, -0.05) is 12.1 Å². The number of fused-ring (bicyclic) bond motifs is 1. The van der Waals surface area contributed by atoms with Crippen molar-refractivity contribution in [2.75, 3.05) is 5.43 Å². The highest BCUT2D eigenvalue weighted by Gasteiger charge is 2.09. The number of hydrogen-bond acceptors (Lipinski definition) is 5. The molecular formula is C21H26N4O2. The van der Waals surface area contributed by atoms with E-state index in [1.165, 1.54) is 0 Å². The predicted octanol–water partition coefficient (Wildman–Crippen LogP) is 4.59. The van der Waals surface area contributed by atoms with Crippen molar-refractivity contribution >= 4 is 23.2 Å². The molecule has 0 saturated carbocycles. The molecule has 142 valence electrons. The lowest BCUT2D eigenvalue weighted by molar-refractivity contribution is 0.229. The standard InChI is InChI=1S/C21H26N4O2/c1-14(2)26-17-11-10-16(20(12-17)27-15(3)4)13-22-24-21-23-18-8-6-7-9-19(18)25(21)5/h6-15H,1-5H3,(H,23,24)/b22-13-. The summed E-state index contributed by atoms with van der Waals surface area (Å²) in [6.45, 7) is 7.99. The van der Waals surface area contributed by atoms with Crippen molar-refractivity contribution in [3.63, 3.8) is 0 Å². The van der Waals surface area contributed by atoms with Crippen LogP contribution in [0.15, 0.2) is 47.6 Å². The first kappa shape index (κ1) is 18.8. The lowest BCUT2D eigenvalue weighted by atomic mass is 10.2. The fraction of sp³-hybridized carbons (Fsp3) is 0.333. The largest absolute Gasteiger partial charge is 0.491 e. The molecule has 0 amide bonds. The molecule has 3 aromatic rings. The van der Waals surface area contributed by atoms with Crippen LogP contribution in [-0.2, 0) is 7.05 Å². The van der Waals surface area contributed by atoms with Gasteiger partial charge in [-0.3, -0.25) is 0 Å². The third kappa shape index (κ3) is 4.58. The average Bonchev–Trinajstić information content (AvgIpc) is 2.92. The van der Waals surface area contributed by atoms with Gasteiger partial charge in [-0.05, 0) is 52.0 Å². The lowest BCUT2D eigenvalue weighted by Gasteiger charge is -2.15. The Bertz CT molecular complexity index is 945. The van der Waals surface area contributed by atoms with Gasteiger partial charge in [-0.15, -0.1) is 0 Å². The number of anilines is 1. The summed E-state index contributed by atoms with van der Waals surface area (Å²) in [5.74, 6) is 2.19. The average molecular weight is 366 g/mol. The van der Waals surface area contributed by atoms with Crippen LogP contribution in [0.5, 0.6) is 11.5 Å². The van der Waals surface area contributed by atoms with Crippen LogP contribution in [0.3, 0.4) is 0 Å². The topological polar surface area (TPSA) is 60.7 Å². The molecule has 3 rings (SSSR count). The summed E-state index contributed by atoms with van der Waals surface area (Å²) < 4.78 is 13.7. The van der Waals surface area contributed by atoms with E-state index < -0.39 is 0 Å². The molecule has 0 saturated heterocycles. The molecule has 2 aromatic carbocycles. The maximum atomic E-state index is 5.92. The third-order valence-electron chi connectivity index (χ3n) is 3.87. The van der Waals surface area contributed by atoms with E-state index in [4.69, 9.17) is 9.47 Å². The molecule has 0 radical (unpaired) electrons. The van der Waals surface area contributed by atoms with E-state index in [-0.39, 0.29) is 12.2 Å². The van der Waals surface area contributed by atoms with E-state index in [1.807, 2.05) is 81.8 Å². The highest BCUT2D eigenvalue weighted by molar-refractivity contribution is 5.85. The molecule has 0 aliphatic rings. The van der Waals surface area contributed by atoms with E-state index in [0.29, 0.717) is 5.95 Å². The number of nitrogens with zero attached hydrogens (tertiary/aromatic N) is 3. The second-order valence-corrected chi connectivity index (χ2v) is 6.89. The Hall–Kier alpha value is -3.02. The van der Waals surface area contributed by atoms with Crippen LogP contribution < -0.4 is 14.9 Å². The minimum absolute atomic E-state index is 0.0549. The highest BCUT2D eigenvalue weighted by Crippen LogP contribution is 2.26. The van der Waals surface area contributed by atoms with Crippen molar-refractivity contribution in [1.82, 2.24) is 9.55 Å². The summed E-state index contributed by atoms with van der Waals surface area (Å²) in [4.78, 5) is 4.55. The molecular weight excluding hydrogens is 340 g/mol. The maximum Gasteiger partial charge on any atom is 0.224 e. The molecule has 0 aliphatic carbocycles. The molecule has 0 spiro atoms. The van der Waals surface area contributed by atoms with Crippen LogP contribution in [0.2, 0.25) is 0 Å². The molecule has 1 N–H and O–H groups in total. The number of hydrogen-bond donors (Lipinski definition) is 1. The zero-order chi connectivity index (χ0) is 19.4. The van der Waals surface area contributed by atoms with E-state index in [9.17, 15) is 0 Å². The van der Waals surface area contributed by atoms with Crippen molar-refractivity contribution in [1.29, 1.82) is 0 Å². The summed E-state index contributed by atoms with van der Waals surface area (Å²) in [6.07, 6.45) is 1.89. The van der Waals surface area contributed by atoms with Gasteiger partial charge < -0.3 is 14.0 Å². The molecule has 6 nitrogen and oxygen atoms in total. The zero-order valence-electron chi connectivity index (χ0n) is 16.4. The molecule has 0 aliphatic heterocycles. The van der Waals surface area contributed by atoms with Gasteiger partial charge in [0, 0.05) is 18.7 Å². The van der Waals surface area contributed by atoms with E-state index >= 15 is 0 Å². The zero-order valence-corrected chi connectivity index (χ0v) is 16.4. The van der Waals surface area contributed by atoms with Gasteiger partial charge in [0.2, 0.25) is 5.95 Å². The third-order valence-corrected chi connectivity index (χ3v) is 3.87. The van der Waals surface area contributed by atoms with Gasteiger partial charge in [0.1, 0.15) is 11.5 Å². The van der Waals surface area contributed by atoms with E-state index in [2.05, 4.69) is 15.5 Å². The number of aryl methyl sites for hydroxylation is 1. The van der Waals surface area contributed by atoms with Crippen molar-refractivity contribution in [3.8, 4) is 11.5 Å². The number of rotatable bonds is 7. The van der Waals surface area contributed by atoms with Gasteiger partial charge in [0.15, 0.2) is 0 Å². The Balaban J connectivity index is 1.81. The van der Waals surface area contributed by atoms with Gasteiger partial charge in [0.25, 0.3) is 0 Å². The summed E-state index contributed by atoms with van der Waals surface area (Å²) in [5.41, 5.74) is 5.86. The van der Waals surface area contributed by atoms with Gasteiger partial charge in [-0.2, -0.15) is 5.10 Å². The highest BCUT2D eigenvalue weighted by atomic mass is 16.5. The van der Waals surface area contributed by atoms with Crippen LogP contribution in [0, 0.1) is 0 Å². The minimum Gasteiger partial charge on any atom is -0.491 e. The van der Waals surface area contributed by atoms with Crippen LogP contribution in [0.4, 0.5) is 5.95 Å². The van der Waals surface area contributed by atoms with E-state index in [0.717, 1.165) is 28.1 Å². The second kappa shape index (κ2) is 8.12. The predicted molar refractivity (Wildman–Crippen MR) is 110 cm³/mol. The fourth-order valence-corrected chi connectivity index (χ4v) is 2.73. The molecule has 0 bridgehead atoms. The van der Waals surface area contributed by atoms with Gasteiger partial charge in [-0.25, -0.2) is 10.4 Å². The molecule has 1 aromatic heterocycles. The Morgan fingerprint density at radius 2 is 1.78 bits per heavy atom. The van der Waals surface area contributed by atoms with Crippen molar-refractivity contribution in [2.45, 2.75) is 39.9 Å². The number of nitrogens with one attached hydrogen (secondary N) is 1.